The number of amides is 1. The summed E-state index contributed by atoms with van der Waals surface area (Å²) in [6.45, 7) is 2.23. The van der Waals surface area contributed by atoms with Crippen LogP contribution in [0.2, 0.25) is 0 Å². The van der Waals surface area contributed by atoms with Gasteiger partial charge in [0.15, 0.2) is 0 Å². The highest BCUT2D eigenvalue weighted by Crippen LogP contribution is 2.30. The molecule has 0 spiro atoms. The summed E-state index contributed by atoms with van der Waals surface area (Å²) in [5, 5.41) is 4.92. The van der Waals surface area contributed by atoms with Gasteiger partial charge in [0.05, 0.1) is 11.9 Å². The lowest BCUT2D eigenvalue weighted by Crippen LogP contribution is -2.32. The van der Waals surface area contributed by atoms with Gasteiger partial charge in [0, 0.05) is 35.5 Å². The van der Waals surface area contributed by atoms with Crippen molar-refractivity contribution >= 4 is 49.2 Å². The highest BCUT2D eigenvalue weighted by atomic mass is 32.2. The van der Waals surface area contributed by atoms with Crippen molar-refractivity contribution in [3.8, 4) is 0 Å². The molecular weight excluding hydrogens is 424 g/mol. The van der Waals surface area contributed by atoms with Crippen molar-refractivity contribution in [1.82, 2.24) is 0 Å². The molecule has 1 heterocycles. The number of hydrogen-bond donors (Lipinski definition) is 1. The maximum absolute atomic E-state index is 12.5. The van der Waals surface area contributed by atoms with E-state index >= 15 is 0 Å². The Morgan fingerprint density at radius 2 is 1.69 bits per heavy atom. The van der Waals surface area contributed by atoms with Crippen molar-refractivity contribution in [2.75, 3.05) is 22.4 Å². The van der Waals surface area contributed by atoms with Gasteiger partial charge >= 0.3 is 0 Å². The van der Waals surface area contributed by atoms with Crippen LogP contribution >= 0.6 is 0 Å². The van der Waals surface area contributed by atoms with Gasteiger partial charge in [-0.05, 0) is 42.7 Å². The van der Waals surface area contributed by atoms with E-state index in [0.717, 1.165) is 28.3 Å². The van der Waals surface area contributed by atoms with Gasteiger partial charge in [-0.2, -0.15) is 0 Å². The van der Waals surface area contributed by atoms with Crippen LogP contribution in [0.5, 0.6) is 0 Å². The van der Waals surface area contributed by atoms with Gasteiger partial charge in [-0.25, -0.2) is 8.42 Å². The van der Waals surface area contributed by atoms with Crippen LogP contribution in [-0.4, -0.2) is 27.1 Å². The van der Waals surface area contributed by atoms with E-state index in [1.807, 2.05) is 73.7 Å². The molecule has 32 heavy (non-hydrogen) atoms. The largest absolute Gasteiger partial charge is 0.456 e. The van der Waals surface area contributed by atoms with Gasteiger partial charge in [-0.1, -0.05) is 43.3 Å². The molecule has 0 fully saturated rings. The Bertz CT molecular complexity index is 1380. The lowest BCUT2D eigenvalue weighted by molar-refractivity contribution is -0.116. The zero-order chi connectivity index (χ0) is 22.7. The monoisotopic (exact) mass is 450 g/mol. The molecule has 0 atom stereocenters. The number of anilines is 2. The maximum Gasteiger partial charge on any atom is 0.232 e. The van der Waals surface area contributed by atoms with Gasteiger partial charge < -0.3 is 9.73 Å². The Morgan fingerprint density at radius 3 is 2.47 bits per heavy atom. The predicted molar refractivity (Wildman–Crippen MR) is 130 cm³/mol. The van der Waals surface area contributed by atoms with Crippen LogP contribution in [0.3, 0.4) is 0 Å². The second kappa shape index (κ2) is 9.04. The lowest BCUT2D eigenvalue weighted by atomic mass is 10.1. The number of carbonyl (C=O) groups is 1. The fourth-order valence-electron chi connectivity index (χ4n) is 3.93. The lowest BCUT2D eigenvalue weighted by Gasteiger charge is -2.24. The fraction of sp³-hybridized carbons (Fsp3) is 0.240. The minimum absolute atomic E-state index is 0.169. The van der Waals surface area contributed by atoms with E-state index in [9.17, 15) is 13.2 Å². The molecule has 0 saturated heterocycles. The number of nitrogens with zero attached hydrogens (tertiary/aromatic N) is 1. The normalized spacial score (nSPS) is 11.7. The smallest absolute Gasteiger partial charge is 0.232 e. The summed E-state index contributed by atoms with van der Waals surface area (Å²) in [6.07, 6.45) is 2.54. The van der Waals surface area contributed by atoms with Gasteiger partial charge in [-0.3, -0.25) is 9.10 Å². The van der Waals surface area contributed by atoms with Crippen LogP contribution in [0.15, 0.2) is 71.1 Å². The van der Waals surface area contributed by atoms with Gasteiger partial charge in [0.1, 0.15) is 11.2 Å². The average molecular weight is 451 g/mol. The van der Waals surface area contributed by atoms with Crippen molar-refractivity contribution in [3.05, 3.63) is 72.3 Å². The van der Waals surface area contributed by atoms with Crippen LogP contribution in [0, 0.1) is 0 Å². The van der Waals surface area contributed by atoms with Crippen LogP contribution < -0.4 is 9.62 Å². The van der Waals surface area contributed by atoms with Gasteiger partial charge in [0.2, 0.25) is 15.9 Å². The average Bonchev–Trinajstić information content (AvgIpc) is 3.13. The molecule has 1 N–H and O–H groups in total. The second-order valence-corrected chi connectivity index (χ2v) is 9.69. The molecule has 166 valence electrons. The highest BCUT2D eigenvalue weighted by molar-refractivity contribution is 7.92. The summed E-state index contributed by atoms with van der Waals surface area (Å²) >= 11 is 0. The van der Waals surface area contributed by atoms with E-state index in [1.54, 1.807) is 0 Å². The van der Waals surface area contributed by atoms with Crippen LogP contribution in [-0.2, 0) is 21.2 Å². The maximum atomic E-state index is 12.5. The quantitative estimate of drug-likeness (QED) is 0.393. The Morgan fingerprint density at radius 1 is 0.969 bits per heavy atom. The molecule has 4 aromatic rings. The molecule has 0 unspecified atom stereocenters. The van der Waals surface area contributed by atoms with Gasteiger partial charge in [0.25, 0.3) is 0 Å². The molecule has 0 aliphatic rings. The molecule has 0 radical (unpaired) electrons. The first-order valence-electron chi connectivity index (χ1n) is 10.6. The highest BCUT2D eigenvalue weighted by Gasteiger charge is 2.20. The number of hydrogen-bond acceptors (Lipinski definition) is 4. The van der Waals surface area contributed by atoms with E-state index in [0.29, 0.717) is 23.4 Å². The minimum Gasteiger partial charge on any atom is -0.456 e. The van der Waals surface area contributed by atoms with Crippen LogP contribution in [0.1, 0.15) is 25.3 Å². The Hall–Kier alpha value is -3.32. The van der Waals surface area contributed by atoms with E-state index in [4.69, 9.17) is 4.42 Å². The van der Waals surface area contributed by atoms with Gasteiger partial charge in [-0.15, -0.1) is 0 Å². The topological polar surface area (TPSA) is 79.6 Å². The van der Waals surface area contributed by atoms with E-state index in [1.165, 1.54) is 10.6 Å². The number of furan rings is 1. The molecule has 0 aliphatic heterocycles. The first-order valence-corrected chi connectivity index (χ1v) is 12.5. The molecule has 3 aromatic carbocycles. The summed E-state index contributed by atoms with van der Waals surface area (Å²) in [7, 11) is -3.46. The Balaban J connectivity index is 1.42. The third kappa shape index (κ3) is 4.62. The fourth-order valence-corrected chi connectivity index (χ4v) is 4.92. The number of para-hydroxylation sites is 2. The molecule has 1 aromatic heterocycles. The van der Waals surface area contributed by atoms with Crippen molar-refractivity contribution < 1.29 is 17.6 Å². The van der Waals surface area contributed by atoms with Crippen LogP contribution in [0.4, 0.5) is 11.4 Å². The number of aryl methyl sites for hydroxylation is 1. The third-order valence-electron chi connectivity index (χ3n) is 5.47. The number of fused-ring (bicyclic) bond motifs is 3. The standard InChI is InChI=1S/C25H26N2O4S/c1-3-18-9-4-6-11-22(18)27(32(2,29)30)16-8-13-25(28)26-19-14-15-21-20-10-5-7-12-23(20)31-24(21)17-19/h4-7,9-12,14-15,17H,3,8,13,16H2,1-2H3,(H,26,28). The zero-order valence-electron chi connectivity index (χ0n) is 18.2. The Kier molecular flexibility index (Phi) is 6.19. The van der Waals surface area contributed by atoms with Crippen molar-refractivity contribution in [3.63, 3.8) is 0 Å². The summed E-state index contributed by atoms with van der Waals surface area (Å²) < 4.78 is 32.0. The predicted octanol–water partition coefficient (Wildman–Crippen LogP) is 5.33. The van der Waals surface area contributed by atoms with Crippen molar-refractivity contribution in [2.24, 2.45) is 0 Å². The first-order chi connectivity index (χ1) is 15.4. The van der Waals surface area contributed by atoms with E-state index in [-0.39, 0.29) is 18.9 Å². The number of benzene rings is 3. The summed E-state index contributed by atoms with van der Waals surface area (Å²) in [4.78, 5) is 12.5. The molecule has 0 aliphatic carbocycles. The number of rotatable bonds is 8. The molecular formula is C25H26N2O4S. The minimum atomic E-state index is -3.46. The molecule has 0 bridgehead atoms. The number of nitrogens with one attached hydrogen (secondary N) is 1. The van der Waals surface area contributed by atoms with Crippen molar-refractivity contribution in [2.45, 2.75) is 26.2 Å². The summed E-state index contributed by atoms with van der Waals surface area (Å²) in [6, 6.07) is 20.9. The van der Waals surface area contributed by atoms with Crippen molar-refractivity contribution in [1.29, 1.82) is 0 Å². The second-order valence-electron chi connectivity index (χ2n) is 7.78. The summed E-state index contributed by atoms with van der Waals surface area (Å²) in [5.74, 6) is -0.169. The SMILES string of the molecule is CCc1ccccc1N(CCCC(=O)Nc1ccc2c(c1)oc1ccccc12)S(C)(=O)=O. The summed E-state index contributed by atoms with van der Waals surface area (Å²) in [5.41, 5.74) is 3.80. The Labute approximate surface area is 187 Å². The third-order valence-corrected chi connectivity index (χ3v) is 6.65. The number of sulfonamides is 1. The molecule has 1 amide bonds. The van der Waals surface area contributed by atoms with E-state index < -0.39 is 10.0 Å². The number of carbonyl (C=O) groups excluding carboxylic acids is 1. The molecule has 6 nitrogen and oxygen atoms in total. The first kappa shape index (κ1) is 21.9. The molecule has 7 heteroatoms. The molecule has 4 rings (SSSR count). The zero-order valence-corrected chi connectivity index (χ0v) is 19.0. The van der Waals surface area contributed by atoms with Crippen LogP contribution in [0.25, 0.3) is 21.9 Å². The molecule has 0 saturated carbocycles. The van der Waals surface area contributed by atoms with E-state index in [2.05, 4.69) is 5.32 Å².